The van der Waals surface area contributed by atoms with E-state index in [4.69, 9.17) is 14.2 Å². The molecule has 6 heteroatoms. The van der Waals surface area contributed by atoms with Crippen LogP contribution >= 0.6 is 0 Å². The third-order valence-corrected chi connectivity index (χ3v) is 5.39. The SMILES string of the molecule is CN1CCC2=C[C@@H](O)[C@@H]3OC(=O)c4cc5c(cc4[C@@H]3[C@H]21)OCO5. The predicted octanol–water partition coefficient (Wildman–Crippen LogP) is 1.04. The van der Waals surface area contributed by atoms with Crippen LogP contribution in [0.15, 0.2) is 23.8 Å². The third-order valence-electron chi connectivity index (χ3n) is 5.39. The molecule has 1 aromatic carbocycles. The maximum atomic E-state index is 12.4. The van der Waals surface area contributed by atoms with Gasteiger partial charge in [-0.3, -0.25) is 4.90 Å². The van der Waals surface area contributed by atoms with Gasteiger partial charge in [-0.1, -0.05) is 11.6 Å². The number of ether oxygens (including phenoxy) is 3. The van der Waals surface area contributed by atoms with Crippen LogP contribution in [0.3, 0.4) is 0 Å². The number of fused-ring (bicyclic) bond motifs is 6. The van der Waals surface area contributed by atoms with Gasteiger partial charge >= 0.3 is 5.97 Å². The Morgan fingerprint density at radius 1 is 1.26 bits per heavy atom. The number of benzene rings is 1. The van der Waals surface area contributed by atoms with Crippen molar-refractivity contribution < 1.29 is 24.1 Å². The molecule has 0 radical (unpaired) electrons. The second kappa shape index (κ2) is 4.49. The molecule has 0 spiro atoms. The zero-order chi connectivity index (χ0) is 15.7. The van der Waals surface area contributed by atoms with E-state index in [9.17, 15) is 9.90 Å². The lowest BCUT2D eigenvalue weighted by Gasteiger charge is -2.43. The summed E-state index contributed by atoms with van der Waals surface area (Å²) in [5.74, 6) is 0.741. The minimum atomic E-state index is -0.764. The zero-order valence-corrected chi connectivity index (χ0v) is 12.7. The summed E-state index contributed by atoms with van der Waals surface area (Å²) in [4.78, 5) is 14.7. The fraction of sp³-hybridized carbons (Fsp3) is 0.471. The number of likely N-dealkylation sites (tertiary alicyclic amines) is 1. The van der Waals surface area contributed by atoms with Crippen molar-refractivity contribution in [2.24, 2.45) is 0 Å². The second-order valence-electron chi connectivity index (χ2n) is 6.60. The monoisotopic (exact) mass is 315 g/mol. The number of aliphatic hydroxyl groups excluding tert-OH is 1. The minimum absolute atomic E-state index is 0.0836. The molecule has 4 atom stereocenters. The summed E-state index contributed by atoms with van der Waals surface area (Å²) in [5.41, 5.74) is 2.63. The van der Waals surface area contributed by atoms with Crippen LogP contribution in [0.1, 0.15) is 28.3 Å². The number of carbonyl (C=O) groups is 1. The molecular formula is C17H17NO5. The number of rotatable bonds is 0. The first-order chi connectivity index (χ1) is 11.1. The van der Waals surface area contributed by atoms with Gasteiger partial charge in [0.2, 0.25) is 6.79 Å². The molecule has 3 heterocycles. The smallest absolute Gasteiger partial charge is 0.338 e. The van der Waals surface area contributed by atoms with E-state index in [2.05, 4.69) is 11.9 Å². The number of carbonyl (C=O) groups excluding carboxylic acids is 1. The van der Waals surface area contributed by atoms with Crippen molar-refractivity contribution in [2.75, 3.05) is 20.4 Å². The van der Waals surface area contributed by atoms with Crippen molar-refractivity contribution in [2.45, 2.75) is 30.6 Å². The topological polar surface area (TPSA) is 68.2 Å². The molecule has 0 amide bonds. The Morgan fingerprint density at radius 3 is 2.87 bits per heavy atom. The van der Waals surface area contributed by atoms with Crippen LogP contribution in [-0.2, 0) is 4.74 Å². The van der Waals surface area contributed by atoms with Gasteiger partial charge in [-0.2, -0.15) is 0 Å². The first-order valence-electron chi connectivity index (χ1n) is 7.87. The molecule has 0 aromatic heterocycles. The summed E-state index contributed by atoms with van der Waals surface area (Å²) in [5, 5.41) is 10.4. The van der Waals surface area contributed by atoms with Crippen molar-refractivity contribution in [1.29, 1.82) is 0 Å². The average Bonchev–Trinajstić information content (AvgIpc) is 3.13. The second-order valence-corrected chi connectivity index (χ2v) is 6.60. The summed E-state index contributed by atoms with van der Waals surface area (Å²) in [6.45, 7) is 1.11. The van der Waals surface area contributed by atoms with E-state index < -0.39 is 18.2 Å². The number of esters is 1. The van der Waals surface area contributed by atoms with Gasteiger partial charge in [0.25, 0.3) is 0 Å². The van der Waals surface area contributed by atoms with E-state index in [0.717, 1.165) is 18.5 Å². The normalized spacial score (nSPS) is 34.3. The molecule has 0 saturated carbocycles. The fourth-order valence-corrected chi connectivity index (χ4v) is 4.36. The number of hydrogen-bond donors (Lipinski definition) is 1. The Labute approximate surface area is 133 Å². The van der Waals surface area contributed by atoms with Crippen LogP contribution in [0.5, 0.6) is 11.5 Å². The van der Waals surface area contributed by atoms with E-state index in [0.29, 0.717) is 17.1 Å². The summed E-state index contributed by atoms with van der Waals surface area (Å²) in [6.07, 6.45) is 1.49. The molecule has 5 rings (SSSR count). The fourth-order valence-electron chi connectivity index (χ4n) is 4.36. The maximum absolute atomic E-state index is 12.4. The standard InChI is InChI=1S/C17H17NO5/c1-18-3-2-8-4-11(19)16-14(15(8)18)9-5-12-13(22-7-21-12)6-10(9)17(20)23-16/h4-6,11,14-16,19H,2-3,7H2,1H3/t11-,14-,15+,16+/m1/s1. The lowest BCUT2D eigenvalue weighted by Crippen LogP contribution is -2.50. The van der Waals surface area contributed by atoms with Crippen LogP contribution in [0.4, 0.5) is 0 Å². The highest BCUT2D eigenvalue weighted by Crippen LogP contribution is 2.48. The van der Waals surface area contributed by atoms with Crippen molar-refractivity contribution in [3.05, 3.63) is 34.9 Å². The van der Waals surface area contributed by atoms with Gasteiger partial charge in [-0.15, -0.1) is 0 Å². The summed E-state index contributed by atoms with van der Waals surface area (Å²) >= 11 is 0. The number of aliphatic hydroxyl groups is 1. The highest BCUT2D eigenvalue weighted by atomic mass is 16.7. The molecule has 120 valence electrons. The molecule has 0 unspecified atom stereocenters. The highest BCUT2D eigenvalue weighted by molar-refractivity contribution is 5.94. The van der Waals surface area contributed by atoms with E-state index in [1.807, 2.05) is 12.1 Å². The molecule has 4 aliphatic rings. The minimum Gasteiger partial charge on any atom is -0.455 e. The quantitative estimate of drug-likeness (QED) is 0.570. The number of likely N-dealkylation sites (N-methyl/N-ethyl adjacent to an activating group) is 1. The molecule has 1 saturated heterocycles. The lowest BCUT2D eigenvalue weighted by molar-refractivity contribution is -0.0336. The van der Waals surface area contributed by atoms with Crippen molar-refractivity contribution in [1.82, 2.24) is 4.90 Å². The molecule has 6 nitrogen and oxygen atoms in total. The molecule has 1 aromatic rings. The van der Waals surface area contributed by atoms with E-state index in [1.165, 1.54) is 5.57 Å². The van der Waals surface area contributed by atoms with Crippen LogP contribution < -0.4 is 9.47 Å². The first kappa shape index (κ1) is 13.4. The van der Waals surface area contributed by atoms with Gasteiger partial charge in [0, 0.05) is 18.5 Å². The van der Waals surface area contributed by atoms with Crippen LogP contribution in [0.2, 0.25) is 0 Å². The van der Waals surface area contributed by atoms with Crippen LogP contribution in [0, 0.1) is 0 Å². The highest BCUT2D eigenvalue weighted by Gasteiger charge is 2.50. The van der Waals surface area contributed by atoms with Gasteiger partial charge < -0.3 is 19.3 Å². The van der Waals surface area contributed by atoms with Gasteiger partial charge in [0.1, 0.15) is 12.2 Å². The summed E-state index contributed by atoms with van der Waals surface area (Å²) in [6, 6.07) is 3.74. The zero-order valence-electron chi connectivity index (χ0n) is 12.7. The van der Waals surface area contributed by atoms with Crippen molar-refractivity contribution in [3.8, 4) is 11.5 Å². The molecular weight excluding hydrogens is 298 g/mol. The molecule has 3 aliphatic heterocycles. The Kier molecular flexibility index (Phi) is 2.61. The average molecular weight is 315 g/mol. The van der Waals surface area contributed by atoms with Crippen LogP contribution in [0.25, 0.3) is 0 Å². The molecule has 1 aliphatic carbocycles. The van der Waals surface area contributed by atoms with E-state index >= 15 is 0 Å². The molecule has 23 heavy (non-hydrogen) atoms. The van der Waals surface area contributed by atoms with E-state index in [-0.39, 0.29) is 18.8 Å². The molecule has 1 fully saturated rings. The van der Waals surface area contributed by atoms with Crippen LogP contribution in [-0.4, -0.2) is 54.6 Å². The van der Waals surface area contributed by atoms with E-state index in [1.54, 1.807) is 6.07 Å². The summed E-state index contributed by atoms with van der Waals surface area (Å²) in [7, 11) is 2.07. The van der Waals surface area contributed by atoms with Crippen molar-refractivity contribution in [3.63, 3.8) is 0 Å². The largest absolute Gasteiger partial charge is 0.455 e. The van der Waals surface area contributed by atoms with Gasteiger partial charge in [0.15, 0.2) is 11.5 Å². The van der Waals surface area contributed by atoms with Gasteiger partial charge in [-0.05, 0) is 31.2 Å². The Bertz CT molecular complexity index is 743. The number of hydrogen-bond acceptors (Lipinski definition) is 6. The maximum Gasteiger partial charge on any atom is 0.338 e. The first-order valence-corrected chi connectivity index (χ1v) is 7.87. The summed E-state index contributed by atoms with van der Waals surface area (Å²) < 4.78 is 16.4. The lowest BCUT2D eigenvalue weighted by atomic mass is 9.74. The predicted molar refractivity (Wildman–Crippen MR) is 79.6 cm³/mol. The molecule has 0 bridgehead atoms. The third kappa shape index (κ3) is 1.73. The Morgan fingerprint density at radius 2 is 2.04 bits per heavy atom. The van der Waals surface area contributed by atoms with Crippen molar-refractivity contribution >= 4 is 5.97 Å². The Hall–Kier alpha value is -2.05. The van der Waals surface area contributed by atoms with Gasteiger partial charge in [-0.25, -0.2) is 4.79 Å². The Balaban J connectivity index is 1.70. The molecule has 1 N–H and O–H groups in total. The number of nitrogens with zero attached hydrogens (tertiary/aromatic N) is 1. The van der Waals surface area contributed by atoms with Gasteiger partial charge in [0.05, 0.1) is 5.56 Å².